The minimum absolute atomic E-state index is 0.612. The Kier molecular flexibility index (Phi) is 1.36. The highest BCUT2D eigenvalue weighted by atomic mass is 16.4. The molecule has 0 N–H and O–H groups in total. The molecule has 0 saturated carbocycles. The summed E-state index contributed by atoms with van der Waals surface area (Å²) in [5.74, 6) is 0.655. The minimum Gasteiger partial charge on any atom is -0.423 e. The van der Waals surface area contributed by atoms with Crippen molar-refractivity contribution in [1.29, 1.82) is 0 Å². The summed E-state index contributed by atoms with van der Waals surface area (Å²) < 4.78 is 5.35. The number of rotatable bonds is 0. The van der Waals surface area contributed by atoms with Gasteiger partial charge in [0.15, 0.2) is 5.89 Å². The smallest absolute Gasteiger partial charge is 0.247 e. The summed E-state index contributed by atoms with van der Waals surface area (Å²) >= 11 is 0. The molecule has 0 aliphatic rings. The third-order valence-corrected chi connectivity index (χ3v) is 2.19. The maximum atomic E-state index is 5.35. The van der Waals surface area contributed by atoms with Crippen LogP contribution in [-0.4, -0.2) is 9.97 Å². The molecule has 3 rings (SSSR count). The van der Waals surface area contributed by atoms with Crippen LogP contribution in [0, 0.1) is 6.92 Å². The van der Waals surface area contributed by atoms with Crippen LogP contribution in [0.3, 0.4) is 0 Å². The van der Waals surface area contributed by atoms with E-state index in [9.17, 15) is 0 Å². The van der Waals surface area contributed by atoms with Crippen molar-refractivity contribution in [3.05, 3.63) is 36.2 Å². The molecule has 0 fully saturated rings. The fourth-order valence-corrected chi connectivity index (χ4v) is 1.57. The van der Waals surface area contributed by atoms with E-state index in [1.54, 1.807) is 0 Å². The highest BCUT2D eigenvalue weighted by Crippen LogP contribution is 2.19. The Morgan fingerprint density at radius 2 is 1.93 bits per heavy atom. The van der Waals surface area contributed by atoms with Crippen LogP contribution in [0.5, 0.6) is 0 Å². The van der Waals surface area contributed by atoms with E-state index in [-0.39, 0.29) is 0 Å². The van der Waals surface area contributed by atoms with Crippen LogP contribution in [0.15, 0.2) is 34.7 Å². The Labute approximate surface area is 80.4 Å². The lowest BCUT2D eigenvalue weighted by molar-refractivity contribution is 0.552. The highest BCUT2D eigenvalue weighted by molar-refractivity contribution is 5.88. The molecule has 1 aromatic carbocycles. The molecule has 3 heteroatoms. The molecule has 3 aromatic rings. The van der Waals surface area contributed by atoms with E-state index in [4.69, 9.17) is 4.42 Å². The van der Waals surface area contributed by atoms with E-state index >= 15 is 0 Å². The quantitative estimate of drug-likeness (QED) is 0.539. The molecule has 0 unspecified atom stereocenters. The van der Waals surface area contributed by atoms with Gasteiger partial charge in [0.2, 0.25) is 5.71 Å². The van der Waals surface area contributed by atoms with Crippen LogP contribution >= 0.6 is 0 Å². The Morgan fingerprint density at radius 1 is 1.07 bits per heavy atom. The summed E-state index contributed by atoms with van der Waals surface area (Å²) in [5.41, 5.74) is 2.37. The van der Waals surface area contributed by atoms with Crippen LogP contribution in [-0.2, 0) is 0 Å². The molecule has 14 heavy (non-hydrogen) atoms. The monoisotopic (exact) mass is 184 g/mol. The number of para-hydroxylation sites is 1. The predicted molar refractivity (Wildman–Crippen MR) is 54.0 cm³/mol. The lowest BCUT2D eigenvalue weighted by Crippen LogP contribution is -1.78. The normalized spacial score (nSPS) is 11.2. The SMILES string of the molecule is Cc1nc2cc3ccccc3nc2o1. The molecule has 2 heterocycles. The fraction of sp³-hybridized carbons (Fsp3) is 0.0909. The molecule has 68 valence electrons. The molecule has 0 saturated heterocycles. The Morgan fingerprint density at radius 3 is 2.86 bits per heavy atom. The molecule has 0 bridgehead atoms. The van der Waals surface area contributed by atoms with Gasteiger partial charge in [0.05, 0.1) is 5.52 Å². The number of oxazole rings is 1. The van der Waals surface area contributed by atoms with Gasteiger partial charge in [-0.2, -0.15) is 0 Å². The second kappa shape index (κ2) is 2.54. The van der Waals surface area contributed by atoms with Gasteiger partial charge in [0, 0.05) is 12.3 Å². The third kappa shape index (κ3) is 0.988. The highest BCUT2D eigenvalue weighted by Gasteiger charge is 2.04. The molecule has 0 aliphatic carbocycles. The Balaban J connectivity index is 2.51. The van der Waals surface area contributed by atoms with E-state index in [2.05, 4.69) is 9.97 Å². The van der Waals surface area contributed by atoms with Crippen LogP contribution < -0.4 is 0 Å². The standard InChI is InChI=1S/C11H8N2O/c1-7-12-10-6-8-4-2-3-5-9(8)13-11(10)14-7/h2-6H,1H3. The van der Waals surface area contributed by atoms with Gasteiger partial charge in [0.25, 0.3) is 0 Å². The van der Waals surface area contributed by atoms with Crippen LogP contribution in [0.1, 0.15) is 5.89 Å². The molecule has 0 radical (unpaired) electrons. The molecule has 0 aliphatic heterocycles. The van der Waals surface area contributed by atoms with Crippen LogP contribution in [0.25, 0.3) is 22.1 Å². The summed E-state index contributed by atoms with van der Waals surface area (Å²) in [6.07, 6.45) is 0. The number of nitrogens with zero attached hydrogens (tertiary/aromatic N) is 2. The minimum atomic E-state index is 0.612. The van der Waals surface area contributed by atoms with Gasteiger partial charge < -0.3 is 4.42 Å². The zero-order valence-electron chi connectivity index (χ0n) is 7.69. The van der Waals surface area contributed by atoms with Gasteiger partial charge in [-0.3, -0.25) is 0 Å². The second-order valence-electron chi connectivity index (χ2n) is 3.24. The molecule has 0 atom stereocenters. The maximum absolute atomic E-state index is 5.35. The summed E-state index contributed by atoms with van der Waals surface area (Å²) in [6.45, 7) is 1.83. The number of aryl methyl sites for hydroxylation is 1. The number of fused-ring (bicyclic) bond motifs is 2. The van der Waals surface area contributed by atoms with E-state index in [0.29, 0.717) is 11.6 Å². The Hall–Kier alpha value is -1.90. The summed E-state index contributed by atoms with van der Waals surface area (Å²) in [7, 11) is 0. The first kappa shape index (κ1) is 7.50. The number of benzene rings is 1. The van der Waals surface area contributed by atoms with Gasteiger partial charge in [-0.25, -0.2) is 9.97 Å². The summed E-state index contributed by atoms with van der Waals surface area (Å²) in [6, 6.07) is 9.93. The van der Waals surface area contributed by atoms with Crippen molar-refractivity contribution in [2.75, 3.05) is 0 Å². The van der Waals surface area contributed by atoms with E-state index in [0.717, 1.165) is 16.4 Å². The van der Waals surface area contributed by atoms with Crippen molar-refractivity contribution in [2.24, 2.45) is 0 Å². The summed E-state index contributed by atoms with van der Waals surface area (Å²) in [4.78, 5) is 8.60. The van der Waals surface area contributed by atoms with Crippen LogP contribution in [0.2, 0.25) is 0 Å². The zero-order valence-corrected chi connectivity index (χ0v) is 7.69. The van der Waals surface area contributed by atoms with Crippen molar-refractivity contribution < 1.29 is 4.42 Å². The van der Waals surface area contributed by atoms with E-state index < -0.39 is 0 Å². The lowest BCUT2D eigenvalue weighted by atomic mass is 10.2. The van der Waals surface area contributed by atoms with Gasteiger partial charge in [-0.1, -0.05) is 18.2 Å². The van der Waals surface area contributed by atoms with Crippen molar-refractivity contribution >= 4 is 22.1 Å². The zero-order chi connectivity index (χ0) is 9.54. The molecule has 0 spiro atoms. The molecular formula is C11H8N2O. The van der Waals surface area contributed by atoms with Gasteiger partial charge in [-0.15, -0.1) is 0 Å². The number of pyridine rings is 1. The number of aromatic nitrogens is 2. The first-order chi connectivity index (χ1) is 6.83. The van der Waals surface area contributed by atoms with E-state index in [1.165, 1.54) is 0 Å². The van der Waals surface area contributed by atoms with Crippen LogP contribution in [0.4, 0.5) is 0 Å². The first-order valence-corrected chi connectivity index (χ1v) is 4.46. The maximum Gasteiger partial charge on any atom is 0.247 e. The molecular weight excluding hydrogens is 176 g/mol. The average Bonchev–Trinajstić information content (AvgIpc) is 2.53. The molecule has 3 nitrogen and oxygen atoms in total. The number of hydrogen-bond acceptors (Lipinski definition) is 3. The average molecular weight is 184 g/mol. The van der Waals surface area contributed by atoms with Crippen molar-refractivity contribution in [3.8, 4) is 0 Å². The van der Waals surface area contributed by atoms with Gasteiger partial charge >= 0.3 is 0 Å². The second-order valence-corrected chi connectivity index (χ2v) is 3.24. The number of hydrogen-bond donors (Lipinski definition) is 0. The van der Waals surface area contributed by atoms with Crippen molar-refractivity contribution in [3.63, 3.8) is 0 Å². The van der Waals surface area contributed by atoms with Gasteiger partial charge in [-0.05, 0) is 12.1 Å². The largest absolute Gasteiger partial charge is 0.423 e. The predicted octanol–water partition coefficient (Wildman–Crippen LogP) is 2.68. The topological polar surface area (TPSA) is 38.9 Å². The fourth-order valence-electron chi connectivity index (χ4n) is 1.57. The third-order valence-electron chi connectivity index (χ3n) is 2.19. The first-order valence-electron chi connectivity index (χ1n) is 4.46. The van der Waals surface area contributed by atoms with Crippen molar-refractivity contribution in [2.45, 2.75) is 6.92 Å². The van der Waals surface area contributed by atoms with E-state index in [1.807, 2.05) is 37.3 Å². The Bertz CT molecular complexity index is 560. The summed E-state index contributed by atoms with van der Waals surface area (Å²) in [5, 5.41) is 1.09. The molecule has 0 amide bonds. The lowest BCUT2D eigenvalue weighted by Gasteiger charge is -1.93. The molecule has 2 aromatic heterocycles. The van der Waals surface area contributed by atoms with Crippen molar-refractivity contribution in [1.82, 2.24) is 9.97 Å². The van der Waals surface area contributed by atoms with Gasteiger partial charge in [0.1, 0.15) is 5.52 Å².